The zero-order valence-electron chi connectivity index (χ0n) is 14.9. The Hall–Kier alpha value is -0.650. The van der Waals surface area contributed by atoms with Gasteiger partial charge in [-0.1, -0.05) is 77.6 Å². The van der Waals surface area contributed by atoms with Gasteiger partial charge in [0.15, 0.2) is 0 Å². The number of hydrogen-bond donors (Lipinski definition) is 2. The number of carbonyl (C=O) groups is 1. The number of aliphatic hydroxyl groups excluding tert-OH is 2. The van der Waals surface area contributed by atoms with Gasteiger partial charge in [0.05, 0.1) is 13.2 Å². The topological polar surface area (TPSA) is 98.3 Å². The normalized spacial score (nSPS) is 10.6. The lowest BCUT2D eigenvalue weighted by molar-refractivity contribution is -0.153. The third kappa shape index (κ3) is 17.5. The molecule has 0 aliphatic rings. The van der Waals surface area contributed by atoms with Crippen molar-refractivity contribution in [1.82, 2.24) is 0 Å². The lowest BCUT2D eigenvalue weighted by atomic mass is 10.0. The molecule has 5 nitrogen and oxygen atoms in total. The summed E-state index contributed by atoms with van der Waals surface area (Å²) in [4.78, 5) is 11.4. The molecule has 0 aromatic carbocycles. The highest BCUT2D eigenvalue weighted by Gasteiger charge is 2.11. The Labute approximate surface area is 141 Å². The largest absolute Gasteiger partial charge is 0.457 e. The predicted molar refractivity (Wildman–Crippen MR) is 93.4 cm³/mol. The molecule has 0 unspecified atom stereocenters. The van der Waals surface area contributed by atoms with E-state index in [0.717, 1.165) is 12.8 Å². The van der Waals surface area contributed by atoms with E-state index in [9.17, 15) is 4.79 Å². The van der Waals surface area contributed by atoms with Crippen LogP contribution in [0.2, 0.25) is 0 Å². The maximum Gasteiger partial charge on any atom is 0.306 e. The molecule has 0 radical (unpaired) electrons. The molecule has 23 heavy (non-hydrogen) atoms. The Morgan fingerprint density at radius 2 is 1.17 bits per heavy atom. The summed E-state index contributed by atoms with van der Waals surface area (Å²) in [6.07, 6.45) is 14.8. The van der Waals surface area contributed by atoms with Crippen LogP contribution in [0.3, 0.4) is 0 Å². The van der Waals surface area contributed by atoms with Crippen LogP contribution in [0, 0.1) is 0 Å². The molecular formula is C18H38O5. The molecule has 0 spiro atoms. The van der Waals surface area contributed by atoms with Crippen molar-refractivity contribution in [2.45, 2.75) is 96.5 Å². The minimum atomic E-state index is -0.759. The number of rotatable bonds is 16. The third-order valence-corrected chi connectivity index (χ3v) is 3.94. The highest BCUT2D eigenvalue weighted by Crippen LogP contribution is 2.12. The molecule has 0 amide bonds. The Morgan fingerprint density at radius 3 is 1.57 bits per heavy atom. The average molecular weight is 334 g/mol. The monoisotopic (exact) mass is 334 g/mol. The van der Waals surface area contributed by atoms with Crippen LogP contribution in [0.15, 0.2) is 0 Å². The molecule has 0 aliphatic carbocycles. The molecular weight excluding hydrogens is 296 g/mol. The van der Waals surface area contributed by atoms with Gasteiger partial charge in [-0.15, -0.1) is 0 Å². The van der Waals surface area contributed by atoms with Crippen LogP contribution in [0.4, 0.5) is 0 Å². The van der Waals surface area contributed by atoms with E-state index in [1.54, 1.807) is 0 Å². The molecule has 0 saturated heterocycles. The molecule has 0 saturated carbocycles. The number of esters is 1. The first-order chi connectivity index (χ1) is 10.7. The van der Waals surface area contributed by atoms with Gasteiger partial charge in [0.25, 0.3) is 0 Å². The summed E-state index contributed by atoms with van der Waals surface area (Å²) in [5.74, 6) is -0.319. The molecule has 0 atom stereocenters. The molecule has 0 heterocycles. The van der Waals surface area contributed by atoms with Gasteiger partial charge in [0.2, 0.25) is 0 Å². The summed E-state index contributed by atoms with van der Waals surface area (Å²) in [7, 11) is 0. The van der Waals surface area contributed by atoms with Crippen molar-refractivity contribution in [2.24, 2.45) is 0 Å². The Kier molecular flexibility index (Phi) is 20.7. The van der Waals surface area contributed by atoms with Gasteiger partial charge in [-0.05, 0) is 6.42 Å². The van der Waals surface area contributed by atoms with E-state index in [-0.39, 0.29) is 24.7 Å². The second-order valence-corrected chi connectivity index (χ2v) is 6.12. The van der Waals surface area contributed by atoms with Gasteiger partial charge in [0.1, 0.15) is 6.10 Å². The van der Waals surface area contributed by atoms with E-state index in [2.05, 4.69) is 6.92 Å². The predicted octanol–water partition coefficient (Wildman–Crippen LogP) is 3.15. The summed E-state index contributed by atoms with van der Waals surface area (Å²) in [5, 5.41) is 17.6. The van der Waals surface area contributed by atoms with Crippen molar-refractivity contribution in [1.29, 1.82) is 0 Å². The molecule has 5 heteroatoms. The van der Waals surface area contributed by atoms with Crippen molar-refractivity contribution in [3.63, 3.8) is 0 Å². The van der Waals surface area contributed by atoms with E-state index in [1.807, 2.05) is 0 Å². The fourth-order valence-corrected chi connectivity index (χ4v) is 2.49. The smallest absolute Gasteiger partial charge is 0.306 e. The van der Waals surface area contributed by atoms with Crippen molar-refractivity contribution in [2.75, 3.05) is 13.2 Å². The van der Waals surface area contributed by atoms with Crippen LogP contribution in [0.25, 0.3) is 0 Å². The fourth-order valence-electron chi connectivity index (χ4n) is 2.49. The molecule has 0 rings (SSSR count). The summed E-state index contributed by atoms with van der Waals surface area (Å²) >= 11 is 0. The Balaban J connectivity index is 0. The van der Waals surface area contributed by atoms with Crippen LogP contribution < -0.4 is 0 Å². The van der Waals surface area contributed by atoms with Gasteiger partial charge in [-0.3, -0.25) is 4.79 Å². The fraction of sp³-hybridized carbons (Fsp3) is 0.944. The molecule has 0 aromatic heterocycles. The lowest BCUT2D eigenvalue weighted by Crippen LogP contribution is -2.25. The van der Waals surface area contributed by atoms with E-state index < -0.39 is 6.10 Å². The van der Waals surface area contributed by atoms with Gasteiger partial charge in [-0.25, -0.2) is 0 Å². The van der Waals surface area contributed by atoms with Crippen molar-refractivity contribution in [3.8, 4) is 0 Å². The molecule has 0 aromatic rings. The van der Waals surface area contributed by atoms with Gasteiger partial charge >= 0.3 is 5.97 Å². The highest BCUT2D eigenvalue weighted by atomic mass is 16.6. The highest BCUT2D eigenvalue weighted by molar-refractivity contribution is 5.69. The molecule has 0 aliphatic heterocycles. The first-order valence-corrected chi connectivity index (χ1v) is 9.15. The minimum Gasteiger partial charge on any atom is -0.457 e. The Bertz CT molecular complexity index is 242. The van der Waals surface area contributed by atoms with Crippen molar-refractivity contribution in [3.05, 3.63) is 0 Å². The first-order valence-electron chi connectivity index (χ1n) is 9.15. The maximum atomic E-state index is 11.4. The number of hydrogen-bond acceptors (Lipinski definition) is 4. The van der Waals surface area contributed by atoms with Crippen LogP contribution in [-0.4, -0.2) is 41.0 Å². The summed E-state index contributed by atoms with van der Waals surface area (Å²) < 4.78 is 4.91. The molecule has 4 N–H and O–H groups in total. The third-order valence-electron chi connectivity index (χ3n) is 3.94. The SMILES string of the molecule is CCCCCCCCCCCCCCC(=O)OC(CO)CO.O. The van der Waals surface area contributed by atoms with Gasteiger partial charge < -0.3 is 20.4 Å². The quantitative estimate of drug-likeness (QED) is 0.334. The summed E-state index contributed by atoms with van der Waals surface area (Å²) in [6.45, 7) is 1.61. The zero-order valence-corrected chi connectivity index (χ0v) is 14.9. The number of ether oxygens (including phenoxy) is 1. The zero-order chi connectivity index (χ0) is 16.5. The van der Waals surface area contributed by atoms with Crippen LogP contribution in [0.5, 0.6) is 0 Å². The van der Waals surface area contributed by atoms with Crippen LogP contribution in [-0.2, 0) is 9.53 Å². The first kappa shape index (κ1) is 24.6. The second kappa shape index (κ2) is 19.4. The summed E-state index contributed by atoms with van der Waals surface area (Å²) in [5.41, 5.74) is 0. The maximum absolute atomic E-state index is 11.4. The Morgan fingerprint density at radius 1 is 0.783 bits per heavy atom. The van der Waals surface area contributed by atoms with Crippen LogP contribution >= 0.6 is 0 Å². The van der Waals surface area contributed by atoms with E-state index in [1.165, 1.54) is 64.2 Å². The molecule has 0 bridgehead atoms. The van der Waals surface area contributed by atoms with Crippen molar-refractivity contribution < 1.29 is 25.2 Å². The van der Waals surface area contributed by atoms with Crippen molar-refractivity contribution >= 4 is 5.97 Å². The number of unbranched alkanes of at least 4 members (excludes halogenated alkanes) is 11. The second-order valence-electron chi connectivity index (χ2n) is 6.12. The standard InChI is InChI=1S/C18H36O4.H2O/c1-2-3-4-5-6-7-8-9-10-11-12-13-14-18(21)22-17(15-19)16-20;/h17,19-20H,2-16H2,1H3;1H2. The van der Waals surface area contributed by atoms with Gasteiger partial charge in [0, 0.05) is 6.42 Å². The lowest BCUT2D eigenvalue weighted by Gasteiger charge is -2.12. The minimum absolute atomic E-state index is 0. The van der Waals surface area contributed by atoms with E-state index in [0.29, 0.717) is 6.42 Å². The number of carbonyl (C=O) groups excluding carboxylic acids is 1. The van der Waals surface area contributed by atoms with Gasteiger partial charge in [-0.2, -0.15) is 0 Å². The van der Waals surface area contributed by atoms with E-state index >= 15 is 0 Å². The number of aliphatic hydroxyl groups is 2. The molecule has 140 valence electrons. The molecule has 0 fully saturated rings. The van der Waals surface area contributed by atoms with E-state index in [4.69, 9.17) is 14.9 Å². The summed E-state index contributed by atoms with van der Waals surface area (Å²) in [6, 6.07) is 0. The average Bonchev–Trinajstić information content (AvgIpc) is 2.53. The van der Waals surface area contributed by atoms with Crippen LogP contribution in [0.1, 0.15) is 90.4 Å².